The Morgan fingerprint density at radius 1 is 1.30 bits per heavy atom. The maximum absolute atomic E-state index is 11.9. The largest absolute Gasteiger partial charge is 0.469 e. The van der Waals surface area contributed by atoms with Crippen molar-refractivity contribution in [1.29, 1.82) is 0 Å². The van der Waals surface area contributed by atoms with E-state index < -0.39 is 18.3 Å². The highest BCUT2D eigenvalue weighted by atomic mass is 16.7. The number of aromatic nitrogens is 2. The van der Waals surface area contributed by atoms with E-state index in [4.69, 9.17) is 14.0 Å². The molecule has 0 amide bonds. The van der Waals surface area contributed by atoms with Gasteiger partial charge in [0.2, 0.25) is 0 Å². The van der Waals surface area contributed by atoms with Gasteiger partial charge in [0.15, 0.2) is 0 Å². The molecule has 0 spiro atoms. The Morgan fingerprint density at radius 2 is 1.87 bits per heavy atom. The van der Waals surface area contributed by atoms with Crippen molar-refractivity contribution in [2.45, 2.75) is 71.4 Å². The van der Waals surface area contributed by atoms with Gasteiger partial charge < -0.3 is 19.0 Å². The van der Waals surface area contributed by atoms with Gasteiger partial charge in [-0.3, -0.25) is 4.79 Å². The molecule has 0 saturated carbocycles. The monoisotopic (exact) mass is 322 g/mol. The third kappa shape index (κ3) is 3.45. The highest BCUT2D eigenvalue weighted by Crippen LogP contribution is 2.42. The Labute approximate surface area is 138 Å². The van der Waals surface area contributed by atoms with Gasteiger partial charge in [-0.25, -0.2) is 4.98 Å². The van der Waals surface area contributed by atoms with E-state index in [1.165, 1.54) is 7.11 Å². The highest BCUT2D eigenvalue weighted by molar-refractivity contribution is 6.48. The summed E-state index contributed by atoms with van der Waals surface area (Å²) >= 11 is 0. The average Bonchev–Trinajstić information content (AvgIpc) is 2.93. The molecule has 0 bridgehead atoms. The molecular weight excluding hydrogens is 295 g/mol. The van der Waals surface area contributed by atoms with Gasteiger partial charge in [0.25, 0.3) is 0 Å². The van der Waals surface area contributed by atoms with Gasteiger partial charge in [-0.05, 0) is 34.6 Å². The van der Waals surface area contributed by atoms with Crippen molar-refractivity contribution < 1.29 is 18.8 Å². The Kier molecular flexibility index (Phi) is 4.92. The van der Waals surface area contributed by atoms with E-state index in [9.17, 15) is 4.79 Å². The van der Waals surface area contributed by atoms with Crippen molar-refractivity contribution in [2.24, 2.45) is 0 Å². The van der Waals surface area contributed by atoms with Crippen LogP contribution in [0.5, 0.6) is 0 Å². The number of aryl methyl sites for hydroxylation is 2. The lowest BCUT2D eigenvalue weighted by Gasteiger charge is -2.32. The van der Waals surface area contributed by atoms with Crippen LogP contribution in [-0.4, -0.2) is 41.4 Å². The van der Waals surface area contributed by atoms with Gasteiger partial charge in [0.1, 0.15) is 5.82 Å². The summed E-state index contributed by atoms with van der Waals surface area (Å²) in [6, 6.07) is 0. The molecule has 128 valence electrons. The molecule has 1 aliphatic rings. The lowest BCUT2D eigenvalue weighted by Crippen LogP contribution is -2.41. The van der Waals surface area contributed by atoms with Crippen molar-refractivity contribution in [2.75, 3.05) is 7.11 Å². The normalized spacial score (nSPS) is 20.6. The summed E-state index contributed by atoms with van der Waals surface area (Å²) in [6.45, 7) is 12.0. The second-order valence-corrected chi connectivity index (χ2v) is 7.06. The first-order valence-corrected chi connectivity index (χ1v) is 8.09. The molecule has 1 aromatic heterocycles. The fraction of sp³-hybridized carbons (Fsp3) is 0.750. The number of H-pyrrole nitrogens is 1. The van der Waals surface area contributed by atoms with E-state index in [1.54, 1.807) is 0 Å². The van der Waals surface area contributed by atoms with E-state index in [0.29, 0.717) is 0 Å². The van der Waals surface area contributed by atoms with Crippen molar-refractivity contribution in [1.82, 2.24) is 9.97 Å². The van der Waals surface area contributed by atoms with Crippen LogP contribution in [0.3, 0.4) is 0 Å². The van der Waals surface area contributed by atoms with Crippen molar-refractivity contribution in [3.8, 4) is 0 Å². The number of esters is 1. The maximum Gasteiger partial charge on any atom is 0.468 e. The van der Waals surface area contributed by atoms with Crippen LogP contribution in [0.15, 0.2) is 0 Å². The van der Waals surface area contributed by atoms with Crippen LogP contribution >= 0.6 is 0 Å². The number of rotatable bonds is 5. The van der Waals surface area contributed by atoms with Gasteiger partial charge in [0.05, 0.1) is 30.4 Å². The number of aromatic amines is 1. The summed E-state index contributed by atoms with van der Waals surface area (Å²) in [4.78, 5) is 19.8. The van der Waals surface area contributed by atoms with Gasteiger partial charge in [-0.15, -0.1) is 0 Å². The molecular formula is C16H27BN2O4. The minimum atomic E-state index is -0.536. The van der Waals surface area contributed by atoms with Crippen LogP contribution in [-0.2, 0) is 25.3 Å². The number of carbonyl (C=O) groups is 1. The SMILES string of the molecule is CCc1nc(C(CC(=O)OC)B2OC(C)(C)C(C)(C)O2)c(C)[nH]1. The number of carbonyl (C=O) groups excluding carboxylic acids is 1. The first-order valence-electron chi connectivity index (χ1n) is 8.09. The summed E-state index contributed by atoms with van der Waals surface area (Å²) in [5, 5.41) is 0. The number of nitrogens with zero attached hydrogens (tertiary/aromatic N) is 1. The predicted molar refractivity (Wildman–Crippen MR) is 88.2 cm³/mol. The molecule has 1 unspecified atom stereocenters. The number of hydrogen-bond donors (Lipinski definition) is 1. The molecule has 6 nitrogen and oxygen atoms in total. The molecule has 1 atom stereocenters. The first-order chi connectivity index (χ1) is 10.6. The zero-order valence-electron chi connectivity index (χ0n) is 15.1. The Bertz CT molecular complexity index is 567. The highest BCUT2D eigenvalue weighted by Gasteiger charge is 2.55. The van der Waals surface area contributed by atoms with Crippen LogP contribution in [0.1, 0.15) is 64.1 Å². The molecule has 1 aliphatic heterocycles. The summed E-state index contributed by atoms with van der Waals surface area (Å²) in [7, 11) is 0.851. The van der Waals surface area contributed by atoms with Crippen LogP contribution in [0.25, 0.3) is 0 Å². The molecule has 0 aliphatic carbocycles. The molecule has 1 aromatic rings. The van der Waals surface area contributed by atoms with E-state index in [0.717, 1.165) is 23.6 Å². The minimum absolute atomic E-state index is 0.169. The summed E-state index contributed by atoms with van der Waals surface area (Å²) in [5.74, 6) is 0.286. The molecule has 1 N–H and O–H groups in total. The topological polar surface area (TPSA) is 73.4 Å². The molecule has 1 fully saturated rings. The van der Waals surface area contributed by atoms with Gasteiger partial charge >= 0.3 is 13.1 Å². The van der Waals surface area contributed by atoms with Gasteiger partial charge in [-0.2, -0.15) is 0 Å². The molecule has 0 radical (unpaired) electrons. The van der Waals surface area contributed by atoms with Crippen LogP contribution in [0.4, 0.5) is 0 Å². The quantitative estimate of drug-likeness (QED) is 0.666. The molecule has 1 saturated heterocycles. The first kappa shape index (κ1) is 18.0. The number of methoxy groups -OCH3 is 1. The third-order valence-corrected chi connectivity index (χ3v) is 4.87. The second kappa shape index (κ2) is 6.28. The summed E-state index contributed by atoms with van der Waals surface area (Å²) in [6.07, 6.45) is 0.970. The summed E-state index contributed by atoms with van der Waals surface area (Å²) < 4.78 is 17.1. The predicted octanol–water partition coefficient (Wildman–Crippen LogP) is 2.56. The van der Waals surface area contributed by atoms with Gasteiger partial charge in [-0.1, -0.05) is 6.92 Å². The van der Waals surface area contributed by atoms with E-state index >= 15 is 0 Å². The fourth-order valence-electron chi connectivity index (χ4n) is 2.70. The molecule has 0 aromatic carbocycles. The number of ether oxygens (including phenoxy) is 1. The lowest BCUT2D eigenvalue weighted by molar-refractivity contribution is -0.140. The van der Waals surface area contributed by atoms with E-state index in [1.807, 2.05) is 41.5 Å². The average molecular weight is 322 g/mol. The number of nitrogens with one attached hydrogen (secondary N) is 1. The maximum atomic E-state index is 11.9. The van der Waals surface area contributed by atoms with E-state index in [-0.39, 0.29) is 18.2 Å². The van der Waals surface area contributed by atoms with Crippen molar-refractivity contribution in [3.05, 3.63) is 17.2 Å². The standard InChI is InChI=1S/C16H27BN2O4/c1-8-12-18-10(2)14(19-12)11(9-13(20)21-7)17-22-15(3,4)16(5,6)23-17/h11H,8-9H2,1-7H3,(H,18,19). The number of hydrogen-bond acceptors (Lipinski definition) is 5. The van der Waals surface area contributed by atoms with Crippen LogP contribution in [0, 0.1) is 6.92 Å². The van der Waals surface area contributed by atoms with Crippen molar-refractivity contribution in [3.63, 3.8) is 0 Å². The Hall–Kier alpha value is -1.34. The van der Waals surface area contributed by atoms with E-state index in [2.05, 4.69) is 9.97 Å². The molecule has 2 heterocycles. The van der Waals surface area contributed by atoms with Crippen LogP contribution in [0.2, 0.25) is 0 Å². The fourth-order valence-corrected chi connectivity index (χ4v) is 2.70. The smallest absolute Gasteiger partial charge is 0.468 e. The van der Waals surface area contributed by atoms with Gasteiger partial charge in [0, 0.05) is 17.9 Å². The zero-order valence-corrected chi connectivity index (χ0v) is 15.1. The lowest BCUT2D eigenvalue weighted by atomic mass is 9.67. The van der Waals surface area contributed by atoms with Crippen LogP contribution < -0.4 is 0 Å². The third-order valence-electron chi connectivity index (χ3n) is 4.87. The summed E-state index contributed by atoms with van der Waals surface area (Å²) in [5.41, 5.74) is 0.837. The number of imidazole rings is 1. The molecule has 2 rings (SSSR count). The Morgan fingerprint density at radius 3 is 2.30 bits per heavy atom. The molecule has 23 heavy (non-hydrogen) atoms. The minimum Gasteiger partial charge on any atom is -0.469 e. The Balaban J connectivity index is 2.35. The molecule has 7 heteroatoms. The zero-order chi connectivity index (χ0) is 17.4. The second-order valence-electron chi connectivity index (χ2n) is 7.06. The van der Waals surface area contributed by atoms with Crippen molar-refractivity contribution >= 4 is 13.1 Å².